The van der Waals surface area contributed by atoms with Crippen molar-refractivity contribution in [3.63, 3.8) is 0 Å². The maximum Gasteiger partial charge on any atom is 0.268 e. The lowest BCUT2D eigenvalue weighted by Crippen LogP contribution is -2.29. The molecule has 35 heavy (non-hydrogen) atoms. The van der Waals surface area contributed by atoms with E-state index in [2.05, 4.69) is 5.32 Å². The van der Waals surface area contributed by atoms with Crippen LogP contribution in [0.15, 0.2) is 65.6 Å². The molecule has 0 aliphatic carbocycles. The van der Waals surface area contributed by atoms with Crippen LogP contribution in [0, 0.1) is 11.6 Å². The van der Waals surface area contributed by atoms with Crippen molar-refractivity contribution in [2.24, 2.45) is 0 Å². The van der Waals surface area contributed by atoms with Gasteiger partial charge in [-0.15, -0.1) is 0 Å². The van der Waals surface area contributed by atoms with Crippen LogP contribution in [0.5, 0.6) is 11.5 Å². The van der Waals surface area contributed by atoms with Gasteiger partial charge >= 0.3 is 0 Å². The van der Waals surface area contributed by atoms with Crippen LogP contribution in [-0.2, 0) is 21.2 Å². The van der Waals surface area contributed by atoms with Gasteiger partial charge in [-0.05, 0) is 54.0 Å². The number of nitrogens with one attached hydrogen (secondary N) is 1. The second kappa shape index (κ2) is 9.75. The number of fused-ring (bicyclic) bond motifs is 1. The number of hydrogen-bond acceptors (Lipinski definition) is 5. The van der Waals surface area contributed by atoms with Crippen molar-refractivity contribution in [2.45, 2.75) is 11.3 Å². The first-order chi connectivity index (χ1) is 16.7. The van der Waals surface area contributed by atoms with Crippen LogP contribution in [0.3, 0.4) is 0 Å². The predicted molar refractivity (Wildman–Crippen MR) is 128 cm³/mol. The molecule has 0 spiro atoms. The van der Waals surface area contributed by atoms with Gasteiger partial charge in [0.15, 0.2) is 11.5 Å². The van der Waals surface area contributed by atoms with E-state index < -0.39 is 27.6 Å². The Hall–Kier alpha value is -3.92. The molecular formula is C25H22F2N2O5S. The molecule has 0 saturated carbocycles. The van der Waals surface area contributed by atoms with Crippen molar-refractivity contribution in [2.75, 3.05) is 30.4 Å². The van der Waals surface area contributed by atoms with Crippen LogP contribution in [0.25, 0.3) is 6.08 Å². The van der Waals surface area contributed by atoms with Crippen LogP contribution >= 0.6 is 0 Å². The third kappa shape index (κ3) is 4.83. The number of para-hydroxylation sites is 1. The second-order valence-corrected chi connectivity index (χ2v) is 9.49. The van der Waals surface area contributed by atoms with Crippen molar-refractivity contribution in [1.29, 1.82) is 0 Å². The van der Waals surface area contributed by atoms with Gasteiger partial charge in [0.25, 0.3) is 10.0 Å². The SMILES string of the molecule is COc1cc(C=CC(=O)Nc2ccc(F)cc2F)cc(S(=O)(=O)N2CCc3ccccc32)c1OC. The van der Waals surface area contributed by atoms with Gasteiger partial charge in [0.05, 0.1) is 25.6 Å². The third-order valence-electron chi connectivity index (χ3n) is 5.50. The molecule has 7 nitrogen and oxygen atoms in total. The van der Waals surface area contributed by atoms with Gasteiger partial charge in [-0.1, -0.05) is 18.2 Å². The molecule has 10 heteroatoms. The first-order valence-corrected chi connectivity index (χ1v) is 12.0. The monoisotopic (exact) mass is 500 g/mol. The molecule has 3 aromatic rings. The molecule has 1 amide bonds. The zero-order chi connectivity index (χ0) is 25.2. The summed E-state index contributed by atoms with van der Waals surface area (Å²) in [7, 11) is -1.32. The molecule has 0 aromatic heterocycles. The average molecular weight is 501 g/mol. The quantitative estimate of drug-likeness (QED) is 0.487. The summed E-state index contributed by atoms with van der Waals surface area (Å²) in [6, 6.07) is 12.9. The number of amides is 1. The number of carbonyl (C=O) groups is 1. The first kappa shape index (κ1) is 24.2. The van der Waals surface area contributed by atoms with E-state index in [1.54, 1.807) is 12.1 Å². The lowest BCUT2D eigenvalue weighted by molar-refractivity contribution is -0.111. The van der Waals surface area contributed by atoms with Crippen molar-refractivity contribution in [1.82, 2.24) is 0 Å². The van der Waals surface area contributed by atoms with E-state index in [1.807, 2.05) is 12.1 Å². The van der Waals surface area contributed by atoms with E-state index in [9.17, 15) is 22.0 Å². The molecule has 0 saturated heterocycles. The van der Waals surface area contributed by atoms with Crippen molar-refractivity contribution < 1.29 is 31.5 Å². The van der Waals surface area contributed by atoms with Gasteiger partial charge in [0.2, 0.25) is 5.91 Å². The molecule has 3 aromatic carbocycles. The van der Waals surface area contributed by atoms with Gasteiger partial charge in [0, 0.05) is 18.7 Å². The van der Waals surface area contributed by atoms with E-state index in [-0.39, 0.29) is 28.6 Å². The van der Waals surface area contributed by atoms with Gasteiger partial charge < -0.3 is 14.8 Å². The Labute approximate surface area is 201 Å². The summed E-state index contributed by atoms with van der Waals surface area (Å²) >= 11 is 0. The van der Waals surface area contributed by atoms with E-state index in [0.717, 1.165) is 23.8 Å². The Morgan fingerprint density at radius 2 is 1.83 bits per heavy atom. The van der Waals surface area contributed by atoms with E-state index in [4.69, 9.17) is 9.47 Å². The summed E-state index contributed by atoms with van der Waals surface area (Å²) in [6.07, 6.45) is 3.04. The first-order valence-electron chi connectivity index (χ1n) is 10.6. The van der Waals surface area contributed by atoms with Gasteiger partial charge in [-0.25, -0.2) is 17.2 Å². The Bertz CT molecular complexity index is 1420. The number of rotatable bonds is 7. The lowest BCUT2D eigenvalue weighted by Gasteiger charge is -2.22. The van der Waals surface area contributed by atoms with Gasteiger partial charge in [0.1, 0.15) is 16.5 Å². The number of halogens is 2. The molecule has 0 radical (unpaired) electrons. The van der Waals surface area contributed by atoms with Gasteiger partial charge in [-0.3, -0.25) is 9.10 Å². The zero-order valence-corrected chi connectivity index (χ0v) is 19.7. The van der Waals surface area contributed by atoms with Gasteiger partial charge in [-0.2, -0.15) is 0 Å². The van der Waals surface area contributed by atoms with Crippen LogP contribution in [0.2, 0.25) is 0 Å². The minimum atomic E-state index is -4.04. The number of sulfonamides is 1. The Balaban J connectivity index is 1.68. The molecule has 0 fully saturated rings. The molecular weight excluding hydrogens is 478 g/mol. The van der Waals surface area contributed by atoms with E-state index in [0.29, 0.717) is 23.7 Å². The normalized spacial score (nSPS) is 13.1. The number of nitrogens with zero attached hydrogens (tertiary/aromatic N) is 1. The largest absolute Gasteiger partial charge is 0.493 e. The summed E-state index contributed by atoms with van der Waals surface area (Å²) in [5, 5.41) is 2.31. The fraction of sp³-hybridized carbons (Fsp3) is 0.160. The maximum atomic E-state index is 13.8. The van der Waals surface area contributed by atoms with Crippen molar-refractivity contribution in [3.8, 4) is 11.5 Å². The minimum absolute atomic E-state index is 0.0341. The highest BCUT2D eigenvalue weighted by Gasteiger charge is 2.34. The molecule has 1 N–H and O–H groups in total. The highest BCUT2D eigenvalue weighted by molar-refractivity contribution is 7.93. The predicted octanol–water partition coefficient (Wildman–Crippen LogP) is 4.39. The maximum absolute atomic E-state index is 13.8. The number of methoxy groups -OCH3 is 2. The van der Waals surface area contributed by atoms with Crippen molar-refractivity contribution in [3.05, 3.63) is 83.4 Å². The molecule has 182 valence electrons. The summed E-state index contributed by atoms with van der Waals surface area (Å²) in [6.45, 7) is 0.277. The number of carbonyl (C=O) groups excluding carboxylic acids is 1. The molecule has 4 rings (SSSR count). The number of ether oxygens (including phenoxy) is 2. The summed E-state index contributed by atoms with van der Waals surface area (Å²) in [5.74, 6) is -2.19. The lowest BCUT2D eigenvalue weighted by atomic mass is 10.2. The molecule has 1 heterocycles. The van der Waals surface area contributed by atoms with Crippen molar-refractivity contribution >= 4 is 33.4 Å². The third-order valence-corrected chi connectivity index (χ3v) is 7.31. The second-order valence-electron chi connectivity index (χ2n) is 7.66. The van der Waals surface area contributed by atoms with Crippen LogP contribution in [0.4, 0.5) is 20.2 Å². The molecule has 0 atom stereocenters. The van der Waals surface area contributed by atoms with Crippen LogP contribution in [-0.4, -0.2) is 35.1 Å². The molecule has 0 unspecified atom stereocenters. The van der Waals surface area contributed by atoms with Crippen LogP contribution < -0.4 is 19.1 Å². The van der Waals surface area contributed by atoms with Crippen LogP contribution in [0.1, 0.15) is 11.1 Å². The summed E-state index contributed by atoms with van der Waals surface area (Å²) in [5.41, 5.74) is 1.66. The highest BCUT2D eigenvalue weighted by Crippen LogP contribution is 2.40. The minimum Gasteiger partial charge on any atom is -0.493 e. The Morgan fingerprint density at radius 1 is 1.06 bits per heavy atom. The number of benzene rings is 3. The average Bonchev–Trinajstić information content (AvgIpc) is 3.29. The highest BCUT2D eigenvalue weighted by atomic mass is 32.2. The zero-order valence-electron chi connectivity index (χ0n) is 18.9. The summed E-state index contributed by atoms with van der Waals surface area (Å²) < 4.78 is 66.2. The van der Waals surface area contributed by atoms with E-state index in [1.165, 1.54) is 36.7 Å². The fourth-order valence-corrected chi connectivity index (χ4v) is 5.56. The molecule has 0 bridgehead atoms. The number of hydrogen-bond donors (Lipinski definition) is 1. The standard InChI is InChI=1S/C25H22F2N2O5S/c1-33-22-13-16(7-10-24(30)28-20-9-8-18(26)15-19(20)27)14-23(25(22)34-2)35(31,32)29-12-11-17-5-3-4-6-21(17)29/h3-10,13-15H,11-12H2,1-2H3,(H,28,30). The fourth-order valence-electron chi connectivity index (χ4n) is 3.85. The summed E-state index contributed by atoms with van der Waals surface area (Å²) in [4.78, 5) is 12.2. The molecule has 1 aliphatic heterocycles. The Kier molecular flexibility index (Phi) is 6.74. The van der Waals surface area contributed by atoms with E-state index >= 15 is 0 Å². The Morgan fingerprint density at radius 3 is 2.54 bits per heavy atom. The topological polar surface area (TPSA) is 84.9 Å². The molecule has 1 aliphatic rings. The number of anilines is 2. The smallest absolute Gasteiger partial charge is 0.268 e.